The molecule has 1 aromatic carbocycles. The van der Waals surface area contributed by atoms with Gasteiger partial charge in [0, 0.05) is 18.7 Å². The summed E-state index contributed by atoms with van der Waals surface area (Å²) in [6.07, 6.45) is 0.152. The highest BCUT2D eigenvalue weighted by molar-refractivity contribution is 5.39. The molecule has 0 aliphatic carbocycles. The fourth-order valence-electron chi connectivity index (χ4n) is 2.68. The van der Waals surface area contributed by atoms with Gasteiger partial charge in [-0.1, -0.05) is 17.7 Å². The van der Waals surface area contributed by atoms with Gasteiger partial charge in [-0.05, 0) is 27.1 Å². The van der Waals surface area contributed by atoms with E-state index in [0.29, 0.717) is 0 Å². The summed E-state index contributed by atoms with van der Waals surface area (Å²) in [6.45, 7) is 4.68. The van der Waals surface area contributed by atoms with Gasteiger partial charge in [0.25, 0.3) is 0 Å². The molecular formula is C15H24N2O2. The number of rotatable bonds is 4. The molecule has 19 heavy (non-hydrogen) atoms. The van der Waals surface area contributed by atoms with E-state index in [9.17, 15) is 0 Å². The average molecular weight is 264 g/mol. The van der Waals surface area contributed by atoms with Gasteiger partial charge in [-0.3, -0.25) is 4.90 Å². The van der Waals surface area contributed by atoms with Crippen molar-refractivity contribution in [2.75, 3.05) is 40.9 Å². The van der Waals surface area contributed by atoms with Gasteiger partial charge in [0.2, 0.25) is 0 Å². The van der Waals surface area contributed by atoms with E-state index >= 15 is 0 Å². The van der Waals surface area contributed by atoms with Crippen LogP contribution in [0.1, 0.15) is 17.2 Å². The predicted molar refractivity (Wildman–Crippen MR) is 76.8 cm³/mol. The van der Waals surface area contributed by atoms with Crippen LogP contribution < -0.4 is 10.1 Å². The summed E-state index contributed by atoms with van der Waals surface area (Å²) < 4.78 is 11.5. The lowest BCUT2D eigenvalue weighted by Crippen LogP contribution is -2.45. The van der Waals surface area contributed by atoms with Crippen LogP contribution in [0.3, 0.4) is 0 Å². The Morgan fingerprint density at radius 2 is 2.21 bits per heavy atom. The Morgan fingerprint density at radius 3 is 2.79 bits per heavy atom. The fraction of sp³-hybridized carbons (Fsp3) is 0.600. The van der Waals surface area contributed by atoms with E-state index in [1.54, 1.807) is 7.11 Å². The molecule has 1 aliphatic rings. The Labute approximate surface area is 115 Å². The molecule has 1 aromatic rings. The lowest BCUT2D eigenvalue weighted by molar-refractivity contribution is -0.0217. The summed E-state index contributed by atoms with van der Waals surface area (Å²) in [6, 6.07) is 6.51. The van der Waals surface area contributed by atoms with Crippen molar-refractivity contribution in [3.63, 3.8) is 0 Å². The molecule has 0 saturated carbocycles. The van der Waals surface area contributed by atoms with Crippen LogP contribution in [-0.2, 0) is 4.74 Å². The van der Waals surface area contributed by atoms with Gasteiger partial charge in [0.05, 0.1) is 25.9 Å². The standard InChI is InChI=1S/C15H24N2O2/c1-11-5-6-13(18-4)12(9-11)15(17(2)3)14-10-16-7-8-19-14/h5-6,9,14-16H,7-8,10H2,1-4H3. The second kappa shape index (κ2) is 6.37. The zero-order valence-electron chi connectivity index (χ0n) is 12.3. The number of morpholine rings is 1. The molecule has 0 spiro atoms. The number of methoxy groups -OCH3 is 1. The van der Waals surface area contributed by atoms with E-state index < -0.39 is 0 Å². The largest absolute Gasteiger partial charge is 0.496 e. The monoisotopic (exact) mass is 264 g/mol. The van der Waals surface area contributed by atoms with Crippen molar-refractivity contribution in [2.45, 2.75) is 19.1 Å². The van der Waals surface area contributed by atoms with Gasteiger partial charge >= 0.3 is 0 Å². The molecule has 2 unspecified atom stereocenters. The number of hydrogen-bond donors (Lipinski definition) is 1. The molecule has 1 saturated heterocycles. The Balaban J connectivity index is 2.34. The number of aryl methyl sites for hydroxylation is 1. The molecule has 4 heteroatoms. The average Bonchev–Trinajstić information content (AvgIpc) is 2.40. The number of nitrogens with zero attached hydrogens (tertiary/aromatic N) is 1. The second-order valence-corrected chi connectivity index (χ2v) is 5.27. The maximum absolute atomic E-state index is 5.94. The minimum atomic E-state index is 0.152. The summed E-state index contributed by atoms with van der Waals surface area (Å²) in [5.41, 5.74) is 2.44. The van der Waals surface area contributed by atoms with Gasteiger partial charge in [0.15, 0.2) is 0 Å². The van der Waals surface area contributed by atoms with Gasteiger partial charge in [-0.2, -0.15) is 0 Å². The molecule has 106 valence electrons. The van der Waals surface area contributed by atoms with Crippen molar-refractivity contribution < 1.29 is 9.47 Å². The first-order valence-electron chi connectivity index (χ1n) is 6.76. The van der Waals surface area contributed by atoms with Gasteiger partial charge in [-0.25, -0.2) is 0 Å². The van der Waals surface area contributed by atoms with Crippen LogP contribution in [-0.4, -0.2) is 51.9 Å². The molecule has 1 heterocycles. The van der Waals surface area contributed by atoms with Crippen LogP contribution in [0, 0.1) is 6.92 Å². The summed E-state index contributed by atoms with van der Waals surface area (Å²) in [4.78, 5) is 2.20. The Morgan fingerprint density at radius 1 is 1.42 bits per heavy atom. The topological polar surface area (TPSA) is 33.7 Å². The van der Waals surface area contributed by atoms with Crippen molar-refractivity contribution in [2.24, 2.45) is 0 Å². The van der Waals surface area contributed by atoms with E-state index in [0.717, 1.165) is 25.4 Å². The molecule has 2 atom stereocenters. The number of ether oxygens (including phenoxy) is 2. The van der Waals surface area contributed by atoms with Gasteiger partial charge < -0.3 is 14.8 Å². The zero-order chi connectivity index (χ0) is 13.8. The lowest BCUT2D eigenvalue weighted by Gasteiger charge is -2.36. The summed E-state index contributed by atoms with van der Waals surface area (Å²) in [7, 11) is 5.90. The van der Waals surface area contributed by atoms with Gasteiger partial charge in [0.1, 0.15) is 5.75 Å². The van der Waals surface area contributed by atoms with Crippen LogP contribution in [0.15, 0.2) is 18.2 Å². The molecule has 1 aliphatic heterocycles. The first-order valence-corrected chi connectivity index (χ1v) is 6.76. The third-order valence-corrected chi connectivity index (χ3v) is 3.57. The van der Waals surface area contributed by atoms with E-state index in [1.165, 1.54) is 11.1 Å². The van der Waals surface area contributed by atoms with E-state index in [2.05, 4.69) is 43.4 Å². The third kappa shape index (κ3) is 3.26. The molecule has 1 fully saturated rings. The first-order chi connectivity index (χ1) is 9.13. The van der Waals surface area contributed by atoms with Crippen molar-refractivity contribution in [1.82, 2.24) is 10.2 Å². The maximum atomic E-state index is 5.94. The summed E-state index contributed by atoms with van der Waals surface area (Å²) in [5.74, 6) is 0.929. The maximum Gasteiger partial charge on any atom is 0.123 e. The zero-order valence-corrected chi connectivity index (χ0v) is 12.3. The molecule has 2 rings (SSSR count). The van der Waals surface area contributed by atoms with Crippen molar-refractivity contribution in [3.05, 3.63) is 29.3 Å². The van der Waals surface area contributed by atoms with E-state index in [4.69, 9.17) is 9.47 Å². The van der Waals surface area contributed by atoms with Crippen molar-refractivity contribution in [1.29, 1.82) is 0 Å². The Hall–Kier alpha value is -1.10. The van der Waals surface area contributed by atoms with Crippen LogP contribution in [0.25, 0.3) is 0 Å². The smallest absolute Gasteiger partial charge is 0.123 e. The SMILES string of the molecule is COc1ccc(C)cc1C(C1CNCCO1)N(C)C. The number of likely N-dealkylation sites (N-methyl/N-ethyl adjacent to an activating group) is 1. The number of benzene rings is 1. The predicted octanol–water partition coefficient (Wildman–Crippen LogP) is 1.59. The molecule has 0 aromatic heterocycles. The second-order valence-electron chi connectivity index (χ2n) is 5.27. The van der Waals surface area contributed by atoms with Crippen LogP contribution in [0.2, 0.25) is 0 Å². The molecule has 0 bridgehead atoms. The van der Waals surface area contributed by atoms with Crippen molar-refractivity contribution in [3.8, 4) is 5.75 Å². The minimum Gasteiger partial charge on any atom is -0.496 e. The van der Waals surface area contributed by atoms with Crippen LogP contribution >= 0.6 is 0 Å². The lowest BCUT2D eigenvalue weighted by atomic mass is 9.96. The van der Waals surface area contributed by atoms with Gasteiger partial charge in [-0.15, -0.1) is 0 Å². The highest BCUT2D eigenvalue weighted by atomic mass is 16.5. The summed E-state index contributed by atoms with van der Waals surface area (Å²) >= 11 is 0. The highest BCUT2D eigenvalue weighted by Crippen LogP contribution is 2.33. The molecule has 0 amide bonds. The third-order valence-electron chi connectivity index (χ3n) is 3.57. The first kappa shape index (κ1) is 14.3. The van der Waals surface area contributed by atoms with E-state index in [-0.39, 0.29) is 12.1 Å². The molecule has 4 nitrogen and oxygen atoms in total. The van der Waals surface area contributed by atoms with Crippen molar-refractivity contribution >= 4 is 0 Å². The molecule has 0 radical (unpaired) electrons. The number of hydrogen-bond acceptors (Lipinski definition) is 4. The molecular weight excluding hydrogens is 240 g/mol. The fourth-order valence-corrected chi connectivity index (χ4v) is 2.68. The normalized spacial score (nSPS) is 21.4. The minimum absolute atomic E-state index is 0.152. The van der Waals surface area contributed by atoms with E-state index in [1.807, 2.05) is 6.07 Å². The highest BCUT2D eigenvalue weighted by Gasteiger charge is 2.29. The quantitative estimate of drug-likeness (QED) is 0.895. The van der Waals surface area contributed by atoms with Crippen LogP contribution in [0.5, 0.6) is 5.75 Å². The number of nitrogens with one attached hydrogen (secondary N) is 1. The Kier molecular flexibility index (Phi) is 4.80. The molecule has 1 N–H and O–H groups in total. The van der Waals surface area contributed by atoms with Crippen LogP contribution in [0.4, 0.5) is 0 Å². The Bertz CT molecular complexity index is 415. The summed E-state index contributed by atoms with van der Waals surface area (Å²) in [5, 5.41) is 3.40.